The molecular weight excluding hydrogens is 394 g/mol. The van der Waals surface area contributed by atoms with Gasteiger partial charge in [-0.2, -0.15) is 5.26 Å². The summed E-state index contributed by atoms with van der Waals surface area (Å²) < 4.78 is 11.2. The molecule has 2 saturated heterocycles. The van der Waals surface area contributed by atoms with Gasteiger partial charge in [0, 0.05) is 37.8 Å². The van der Waals surface area contributed by atoms with Gasteiger partial charge in [0.05, 0.1) is 31.7 Å². The highest BCUT2D eigenvalue weighted by molar-refractivity contribution is 5.41. The van der Waals surface area contributed by atoms with Crippen LogP contribution in [0.5, 0.6) is 5.75 Å². The number of rotatable bonds is 7. The first kappa shape index (κ1) is 21.5. The molecule has 0 spiro atoms. The molecule has 31 heavy (non-hydrogen) atoms. The van der Waals surface area contributed by atoms with Gasteiger partial charge in [-0.15, -0.1) is 0 Å². The van der Waals surface area contributed by atoms with Gasteiger partial charge in [-0.05, 0) is 31.5 Å². The number of nitriles is 1. The highest BCUT2D eigenvalue weighted by atomic mass is 16.5. The summed E-state index contributed by atoms with van der Waals surface area (Å²) in [7, 11) is 3.90. The summed E-state index contributed by atoms with van der Waals surface area (Å²) in [4.78, 5) is 10.7. The zero-order valence-corrected chi connectivity index (χ0v) is 18.0. The number of anilines is 1. The molecule has 164 valence electrons. The fourth-order valence-electron chi connectivity index (χ4n) is 4.18. The molecule has 0 aliphatic carbocycles. The van der Waals surface area contributed by atoms with Crippen LogP contribution in [0.15, 0.2) is 30.6 Å². The minimum atomic E-state index is -0.0173. The second-order valence-electron chi connectivity index (χ2n) is 8.01. The van der Waals surface area contributed by atoms with Crippen LogP contribution in [0.3, 0.4) is 0 Å². The quantitative estimate of drug-likeness (QED) is 0.616. The van der Waals surface area contributed by atoms with Crippen molar-refractivity contribution in [3.63, 3.8) is 0 Å². The second kappa shape index (κ2) is 10.0. The lowest BCUT2D eigenvalue weighted by Crippen LogP contribution is -2.36. The number of hydrogen-bond acceptors (Lipinski definition) is 9. The van der Waals surface area contributed by atoms with E-state index < -0.39 is 0 Å². The number of nitrogens with zero attached hydrogens (tertiary/aromatic N) is 4. The lowest BCUT2D eigenvalue weighted by molar-refractivity contribution is 0.0407. The lowest BCUT2D eigenvalue weighted by Gasteiger charge is -2.31. The van der Waals surface area contributed by atoms with Crippen molar-refractivity contribution in [2.75, 3.05) is 32.7 Å². The first-order chi connectivity index (χ1) is 15.2. The molecule has 3 heterocycles. The third-order valence-electron chi connectivity index (χ3n) is 5.91. The smallest absolute Gasteiger partial charge is 0.158 e. The number of hydrazine groups is 1. The van der Waals surface area contributed by atoms with Crippen molar-refractivity contribution >= 4 is 5.82 Å². The normalized spacial score (nSPS) is 21.7. The van der Waals surface area contributed by atoms with Crippen LogP contribution in [0.1, 0.15) is 42.1 Å². The Bertz CT molecular complexity index is 909. The molecule has 2 aliphatic heterocycles. The molecule has 1 aromatic carbocycles. The van der Waals surface area contributed by atoms with E-state index in [1.54, 1.807) is 13.3 Å². The molecule has 9 nitrogen and oxygen atoms in total. The topological polar surface area (TPSA) is 107 Å². The molecule has 2 aliphatic rings. The fraction of sp³-hybridized carbons (Fsp3) is 0.500. The molecule has 2 unspecified atom stereocenters. The minimum absolute atomic E-state index is 0.0173. The van der Waals surface area contributed by atoms with E-state index in [1.165, 1.54) is 11.8 Å². The summed E-state index contributed by atoms with van der Waals surface area (Å²) in [6.07, 6.45) is 5.98. The highest BCUT2D eigenvalue weighted by Gasteiger charge is 2.28. The Hall–Kier alpha value is -2.77. The predicted molar refractivity (Wildman–Crippen MR) is 116 cm³/mol. The summed E-state index contributed by atoms with van der Waals surface area (Å²) in [5, 5.41) is 12.1. The van der Waals surface area contributed by atoms with Crippen molar-refractivity contribution < 1.29 is 9.47 Å². The first-order valence-corrected chi connectivity index (χ1v) is 10.6. The van der Waals surface area contributed by atoms with Crippen LogP contribution in [0, 0.1) is 11.3 Å². The van der Waals surface area contributed by atoms with Crippen molar-refractivity contribution in [1.82, 2.24) is 25.7 Å². The second-order valence-corrected chi connectivity index (χ2v) is 8.01. The maximum absolute atomic E-state index is 8.84. The molecular formula is C22H29N7O2. The first-order valence-electron chi connectivity index (χ1n) is 10.6. The van der Waals surface area contributed by atoms with Gasteiger partial charge in [0.25, 0.3) is 0 Å². The Balaban J connectivity index is 1.38. The fourth-order valence-corrected chi connectivity index (χ4v) is 4.18. The summed E-state index contributed by atoms with van der Waals surface area (Å²) >= 11 is 0. The Morgan fingerprint density at radius 1 is 1.26 bits per heavy atom. The van der Waals surface area contributed by atoms with Gasteiger partial charge >= 0.3 is 0 Å². The van der Waals surface area contributed by atoms with Gasteiger partial charge < -0.3 is 14.8 Å². The summed E-state index contributed by atoms with van der Waals surface area (Å²) in [6, 6.07) is 9.11. The number of hydrogen-bond donors (Lipinski definition) is 3. The molecule has 2 atom stereocenters. The van der Waals surface area contributed by atoms with Crippen molar-refractivity contribution in [3.05, 3.63) is 47.4 Å². The summed E-state index contributed by atoms with van der Waals surface area (Å²) in [5.74, 6) is 1.51. The van der Waals surface area contributed by atoms with Crippen LogP contribution in [-0.2, 0) is 11.3 Å². The van der Waals surface area contributed by atoms with Crippen LogP contribution < -0.4 is 20.9 Å². The molecule has 0 amide bonds. The van der Waals surface area contributed by atoms with E-state index >= 15 is 0 Å². The molecule has 2 fully saturated rings. The van der Waals surface area contributed by atoms with Crippen molar-refractivity contribution in [1.29, 1.82) is 5.26 Å². The van der Waals surface area contributed by atoms with Crippen LogP contribution in [0.25, 0.3) is 0 Å². The SMILES string of the molecule is COc1cc(CN(C)C2CCOCC2)ccc1C1CC(Nc2cnc(C#N)cn2)NN1. The van der Waals surface area contributed by atoms with E-state index in [4.69, 9.17) is 14.7 Å². The minimum Gasteiger partial charge on any atom is -0.496 e. The number of nitrogens with one attached hydrogen (secondary N) is 3. The van der Waals surface area contributed by atoms with Gasteiger partial charge in [0.1, 0.15) is 17.6 Å². The third kappa shape index (κ3) is 5.29. The monoisotopic (exact) mass is 423 g/mol. The van der Waals surface area contributed by atoms with E-state index in [9.17, 15) is 0 Å². The Labute approximate surface area is 182 Å². The van der Waals surface area contributed by atoms with Crippen LogP contribution >= 0.6 is 0 Å². The molecule has 0 radical (unpaired) electrons. The maximum Gasteiger partial charge on any atom is 0.158 e. The van der Waals surface area contributed by atoms with E-state index in [0.29, 0.717) is 17.6 Å². The van der Waals surface area contributed by atoms with Crippen LogP contribution in [0.4, 0.5) is 5.82 Å². The van der Waals surface area contributed by atoms with Crippen LogP contribution in [0.2, 0.25) is 0 Å². The molecule has 3 N–H and O–H groups in total. The maximum atomic E-state index is 8.84. The number of aromatic nitrogens is 2. The van der Waals surface area contributed by atoms with Crippen molar-refractivity contribution in [2.24, 2.45) is 0 Å². The third-order valence-corrected chi connectivity index (χ3v) is 5.91. The van der Waals surface area contributed by atoms with E-state index in [0.717, 1.165) is 50.3 Å². The Morgan fingerprint density at radius 3 is 2.81 bits per heavy atom. The molecule has 0 bridgehead atoms. The Morgan fingerprint density at radius 2 is 2.10 bits per heavy atom. The average molecular weight is 424 g/mol. The molecule has 2 aromatic rings. The van der Waals surface area contributed by atoms with Crippen molar-refractivity contribution in [3.8, 4) is 11.8 Å². The van der Waals surface area contributed by atoms with Crippen molar-refractivity contribution in [2.45, 2.75) is 44.1 Å². The predicted octanol–water partition coefficient (Wildman–Crippen LogP) is 1.94. The van der Waals surface area contributed by atoms with Gasteiger partial charge in [0.2, 0.25) is 0 Å². The summed E-state index contributed by atoms with van der Waals surface area (Å²) in [6.45, 7) is 2.58. The molecule has 1 aromatic heterocycles. The molecule has 0 saturated carbocycles. The largest absolute Gasteiger partial charge is 0.496 e. The summed E-state index contributed by atoms with van der Waals surface area (Å²) in [5.41, 5.74) is 9.24. The molecule has 9 heteroatoms. The molecule has 4 rings (SSSR count). The Kier molecular flexibility index (Phi) is 6.94. The highest BCUT2D eigenvalue weighted by Crippen LogP contribution is 2.32. The van der Waals surface area contributed by atoms with E-state index in [-0.39, 0.29) is 12.2 Å². The average Bonchev–Trinajstić information content (AvgIpc) is 3.28. The number of ether oxygens (including phenoxy) is 2. The van der Waals surface area contributed by atoms with Gasteiger partial charge in [-0.25, -0.2) is 20.8 Å². The number of benzene rings is 1. The zero-order valence-electron chi connectivity index (χ0n) is 18.0. The number of methoxy groups -OCH3 is 1. The zero-order chi connectivity index (χ0) is 21.6. The lowest BCUT2D eigenvalue weighted by atomic mass is 10.0. The van der Waals surface area contributed by atoms with E-state index in [2.05, 4.69) is 56.3 Å². The van der Waals surface area contributed by atoms with Gasteiger partial charge in [0.15, 0.2) is 5.69 Å². The van der Waals surface area contributed by atoms with Crippen LogP contribution in [-0.4, -0.2) is 54.4 Å². The van der Waals surface area contributed by atoms with Gasteiger partial charge in [-0.3, -0.25) is 4.90 Å². The standard InChI is InChI=1S/C22H29N7O2/c1-29(17-5-7-31-8-6-17)14-15-3-4-18(20(9-15)30-2)19-10-21(28-27-19)26-22-13-24-16(11-23)12-25-22/h3-4,9,12-13,17,19,21,27-28H,5-8,10,14H2,1-2H3,(H,25,26). The van der Waals surface area contributed by atoms with Gasteiger partial charge in [-0.1, -0.05) is 12.1 Å². The van der Waals surface area contributed by atoms with E-state index in [1.807, 2.05) is 6.07 Å².